The Hall–Kier alpha value is -0.460. The summed E-state index contributed by atoms with van der Waals surface area (Å²) in [5.41, 5.74) is 0. The number of rotatable bonds is 3. The first-order valence-electron chi connectivity index (χ1n) is 2.40. The van der Waals surface area contributed by atoms with Crippen LogP contribution >= 0.6 is 0 Å². The maximum absolute atomic E-state index is 11.7. The van der Waals surface area contributed by atoms with E-state index in [0.717, 1.165) is 0 Å². The number of halogens is 6. The highest BCUT2D eigenvalue weighted by Crippen LogP contribution is 2.38. The highest BCUT2D eigenvalue weighted by Gasteiger charge is 2.62. The van der Waals surface area contributed by atoms with Crippen molar-refractivity contribution in [2.75, 3.05) is 6.61 Å². The lowest BCUT2D eigenvalue weighted by Crippen LogP contribution is -2.48. The van der Waals surface area contributed by atoms with Crippen LogP contribution < -0.4 is 0 Å². The molecule has 11 heavy (non-hydrogen) atoms. The van der Waals surface area contributed by atoms with Crippen molar-refractivity contribution in [3.63, 3.8) is 0 Å². The van der Waals surface area contributed by atoms with Crippen molar-refractivity contribution in [3.8, 4) is 0 Å². The summed E-state index contributed by atoms with van der Waals surface area (Å²) in [6.07, 6.45) is -4.48. The van der Waals surface area contributed by atoms with Crippen molar-refractivity contribution < 1.29 is 31.4 Å². The van der Waals surface area contributed by atoms with Crippen LogP contribution in [0.5, 0.6) is 0 Å². The van der Waals surface area contributed by atoms with Crippen LogP contribution in [-0.4, -0.2) is 30.0 Å². The molecule has 0 bridgehead atoms. The second-order valence-corrected chi connectivity index (χ2v) is 1.79. The monoisotopic (exact) mass is 182 g/mol. The fourth-order valence-electron chi connectivity index (χ4n) is 0.265. The van der Waals surface area contributed by atoms with Gasteiger partial charge in [-0.1, -0.05) is 0 Å². The van der Waals surface area contributed by atoms with E-state index in [1.54, 1.807) is 0 Å². The van der Waals surface area contributed by atoms with E-state index in [4.69, 9.17) is 5.11 Å². The third-order valence-electron chi connectivity index (χ3n) is 0.960. The molecule has 0 radical (unpaired) electrons. The Morgan fingerprint density at radius 2 is 1.45 bits per heavy atom. The molecule has 0 aliphatic heterocycles. The zero-order valence-corrected chi connectivity index (χ0v) is 5.00. The maximum atomic E-state index is 11.7. The summed E-state index contributed by atoms with van der Waals surface area (Å²) in [7, 11) is 0. The summed E-state index contributed by atoms with van der Waals surface area (Å²) in [4.78, 5) is 0. The molecule has 0 aromatic carbocycles. The molecule has 0 aromatic rings. The average molecular weight is 182 g/mol. The number of aliphatic hydroxyl groups is 1. The Bertz CT molecular complexity index is 133. The van der Waals surface area contributed by atoms with Crippen LogP contribution in [0.2, 0.25) is 0 Å². The van der Waals surface area contributed by atoms with Gasteiger partial charge in [-0.2, -0.15) is 17.6 Å². The maximum Gasteiger partial charge on any atom is 0.371 e. The van der Waals surface area contributed by atoms with Gasteiger partial charge >= 0.3 is 18.3 Å². The fourth-order valence-corrected chi connectivity index (χ4v) is 0.265. The number of hydrogen-bond acceptors (Lipinski definition) is 1. The van der Waals surface area contributed by atoms with Crippen LogP contribution in [0.3, 0.4) is 0 Å². The van der Waals surface area contributed by atoms with Crippen LogP contribution in [-0.2, 0) is 0 Å². The van der Waals surface area contributed by atoms with E-state index in [1.165, 1.54) is 0 Å². The molecule has 0 unspecified atom stereocenters. The van der Waals surface area contributed by atoms with Crippen LogP contribution in [0.4, 0.5) is 26.3 Å². The molecular weight excluding hydrogens is 178 g/mol. The number of hydrogen-bond donors (Lipinski definition) is 1. The standard InChI is InChI=1S/C4H4F6O/c5-2(6)4(9,10)3(7,8)1-11/h2,11H,1H2. The third-order valence-corrected chi connectivity index (χ3v) is 0.960. The normalized spacial score (nSPS) is 14.2. The Balaban J connectivity index is 4.53. The fraction of sp³-hybridized carbons (Fsp3) is 1.00. The number of aliphatic hydroxyl groups excluding tert-OH is 1. The second-order valence-electron chi connectivity index (χ2n) is 1.79. The summed E-state index contributed by atoms with van der Waals surface area (Å²) in [5.74, 6) is -10.5. The first kappa shape index (κ1) is 10.5. The lowest BCUT2D eigenvalue weighted by molar-refractivity contribution is -0.274. The molecule has 0 spiro atoms. The summed E-state index contributed by atoms with van der Waals surface area (Å²) < 4.78 is 69.0. The molecule has 1 N–H and O–H groups in total. The molecule has 0 saturated carbocycles. The van der Waals surface area contributed by atoms with Crippen LogP contribution in [0.15, 0.2) is 0 Å². The SMILES string of the molecule is OCC(F)(F)C(F)(F)C(F)F. The smallest absolute Gasteiger partial charge is 0.371 e. The van der Waals surface area contributed by atoms with E-state index in [9.17, 15) is 26.3 Å². The summed E-state index contributed by atoms with van der Waals surface area (Å²) in [5, 5.41) is 7.62. The molecule has 0 aliphatic rings. The minimum absolute atomic E-state index is 2.30. The Morgan fingerprint density at radius 3 is 1.55 bits per heavy atom. The molecule has 0 fully saturated rings. The molecule has 7 heteroatoms. The van der Waals surface area contributed by atoms with Gasteiger partial charge in [-0.3, -0.25) is 0 Å². The molecule has 0 aromatic heterocycles. The molecule has 0 saturated heterocycles. The van der Waals surface area contributed by atoms with Crippen molar-refractivity contribution in [2.24, 2.45) is 0 Å². The Kier molecular flexibility index (Phi) is 2.76. The minimum atomic E-state index is -5.47. The predicted molar refractivity (Wildman–Crippen MR) is 23.0 cm³/mol. The van der Waals surface area contributed by atoms with Gasteiger partial charge < -0.3 is 5.11 Å². The summed E-state index contributed by atoms with van der Waals surface area (Å²) in [6, 6.07) is 0. The first-order chi connectivity index (χ1) is 4.75. The number of alkyl halides is 6. The Labute approximate surface area is 57.6 Å². The minimum Gasteiger partial charge on any atom is -0.390 e. The zero-order valence-electron chi connectivity index (χ0n) is 5.00. The summed E-state index contributed by atoms with van der Waals surface area (Å²) in [6.45, 7) is -2.30. The lowest BCUT2D eigenvalue weighted by Gasteiger charge is -2.23. The predicted octanol–water partition coefficient (Wildman–Crippen LogP) is 1.51. The van der Waals surface area contributed by atoms with Gasteiger partial charge in [0.2, 0.25) is 0 Å². The van der Waals surface area contributed by atoms with Crippen LogP contribution in [0.25, 0.3) is 0 Å². The largest absolute Gasteiger partial charge is 0.390 e. The van der Waals surface area contributed by atoms with Gasteiger partial charge in [-0.15, -0.1) is 0 Å². The van der Waals surface area contributed by atoms with Crippen LogP contribution in [0, 0.1) is 0 Å². The van der Waals surface area contributed by atoms with Crippen molar-refractivity contribution in [1.82, 2.24) is 0 Å². The molecule has 0 heterocycles. The van der Waals surface area contributed by atoms with E-state index >= 15 is 0 Å². The molecule has 0 aliphatic carbocycles. The van der Waals surface area contributed by atoms with Crippen molar-refractivity contribution in [1.29, 1.82) is 0 Å². The molecule has 1 nitrogen and oxygen atoms in total. The highest BCUT2D eigenvalue weighted by molar-refractivity contribution is 4.86. The van der Waals surface area contributed by atoms with Gasteiger partial charge in [0.1, 0.15) is 6.61 Å². The van der Waals surface area contributed by atoms with Gasteiger partial charge in [-0.25, -0.2) is 8.78 Å². The molecule has 0 rings (SSSR count). The molecular formula is C4H4F6O. The lowest BCUT2D eigenvalue weighted by atomic mass is 10.2. The van der Waals surface area contributed by atoms with Crippen molar-refractivity contribution in [2.45, 2.75) is 18.3 Å². The van der Waals surface area contributed by atoms with E-state index < -0.39 is 24.9 Å². The van der Waals surface area contributed by atoms with Crippen LogP contribution in [0.1, 0.15) is 0 Å². The van der Waals surface area contributed by atoms with Gasteiger partial charge in [-0.05, 0) is 0 Å². The van der Waals surface area contributed by atoms with E-state index in [0.29, 0.717) is 0 Å². The average Bonchev–Trinajstić information content (AvgIpc) is 1.87. The van der Waals surface area contributed by atoms with E-state index in [2.05, 4.69) is 0 Å². The van der Waals surface area contributed by atoms with Gasteiger partial charge in [0.05, 0.1) is 0 Å². The topological polar surface area (TPSA) is 20.2 Å². The second kappa shape index (κ2) is 2.88. The highest BCUT2D eigenvalue weighted by atomic mass is 19.3. The van der Waals surface area contributed by atoms with Gasteiger partial charge in [0, 0.05) is 0 Å². The van der Waals surface area contributed by atoms with E-state index in [-0.39, 0.29) is 0 Å². The molecule has 0 amide bonds. The van der Waals surface area contributed by atoms with Gasteiger partial charge in [0.25, 0.3) is 0 Å². The molecule has 0 atom stereocenters. The quantitative estimate of drug-likeness (QED) is 0.656. The van der Waals surface area contributed by atoms with Gasteiger partial charge in [0.15, 0.2) is 0 Å². The summed E-state index contributed by atoms with van der Waals surface area (Å²) >= 11 is 0. The van der Waals surface area contributed by atoms with E-state index in [1.807, 2.05) is 0 Å². The van der Waals surface area contributed by atoms with Crippen molar-refractivity contribution >= 4 is 0 Å². The van der Waals surface area contributed by atoms with Crippen molar-refractivity contribution in [3.05, 3.63) is 0 Å². The molecule has 68 valence electrons. The Morgan fingerprint density at radius 1 is 1.09 bits per heavy atom. The first-order valence-corrected chi connectivity index (χ1v) is 2.40. The third kappa shape index (κ3) is 1.76. The zero-order chi connectivity index (χ0) is 9.28.